The minimum atomic E-state index is -5.56. The maximum atomic E-state index is 12.3. The van der Waals surface area contributed by atoms with Crippen molar-refractivity contribution in [1.82, 2.24) is 31.8 Å². The molecule has 2 aromatic heterocycles. The Kier molecular flexibility index (Phi) is 11.2. The molecule has 0 radical (unpaired) electrons. The summed E-state index contributed by atoms with van der Waals surface area (Å²) in [6.07, 6.45) is -13.3. The molecule has 2 aromatic rings. The highest BCUT2D eigenvalue weighted by Gasteiger charge is 2.49. The number of rotatable bonds is 9. The summed E-state index contributed by atoms with van der Waals surface area (Å²) < 4.78 is 49.3. The smallest absolute Gasteiger partial charge is 0.394 e. The zero-order valence-corrected chi connectivity index (χ0v) is 22.2. The highest BCUT2D eigenvalue weighted by atomic mass is 31.3. The van der Waals surface area contributed by atoms with Crippen molar-refractivity contribution in [1.29, 1.82) is 0 Å². The summed E-state index contributed by atoms with van der Waals surface area (Å²) in [7, 11) is -11.0. The van der Waals surface area contributed by atoms with Crippen LogP contribution in [0.15, 0.2) is 12.7 Å². The zero-order valence-electron chi connectivity index (χ0n) is 20.4. The Labute approximate surface area is 224 Å². The van der Waals surface area contributed by atoms with Crippen molar-refractivity contribution in [2.45, 2.75) is 55.2 Å². The first kappa shape index (κ1) is 34.4. The van der Waals surface area contributed by atoms with Crippen LogP contribution in [-0.2, 0) is 32.0 Å². The lowest BCUT2D eigenvalue weighted by atomic mass is 10.1. The monoisotopic (exact) mass is 635 g/mol. The molecule has 0 bridgehead atoms. The molecule has 0 aliphatic carbocycles. The lowest BCUT2D eigenvalue weighted by Crippen LogP contribution is -2.58. The number of aliphatic hydroxyl groups excluding tert-OH is 6. The zero-order chi connectivity index (χ0) is 28.0. The van der Waals surface area contributed by atoms with Crippen LogP contribution < -0.4 is 18.0 Å². The normalized spacial score (nSPS) is 35.4. The number of anilines is 1. The molecule has 2 saturated heterocycles. The van der Waals surface area contributed by atoms with Gasteiger partial charge in [0.05, 0.1) is 19.5 Å². The number of aliphatic hydroxyl groups is 6. The number of hydrogen-bond donors (Lipinski definition) is 11. The summed E-state index contributed by atoms with van der Waals surface area (Å²) >= 11 is 0. The Bertz CT molecular complexity index is 1240. The topological polar surface area (TPSA) is 382 Å². The summed E-state index contributed by atoms with van der Waals surface area (Å²) in [5.41, 5.74) is 6.05. The summed E-state index contributed by atoms with van der Waals surface area (Å²) in [6.45, 7) is -1.82. The molecular formula is C16H31N7O15P2. The fourth-order valence-electron chi connectivity index (χ4n) is 3.78. The van der Waals surface area contributed by atoms with Crippen LogP contribution in [0.1, 0.15) is 6.23 Å². The van der Waals surface area contributed by atoms with Gasteiger partial charge in [-0.1, -0.05) is 0 Å². The standard InChI is InChI=1S/C16H25N5O15P2.2H3N/c17-13-7-14(19-3-18-13)21(4-20-7)15-11(26)9(24)6(33-15)2-32-37(28,29)36-38(30,31)35-16-12(27)10(25)8(23)5(1-22)34-16;;/h3-6,8-12,15-16,22-27H,1-2H2,(H,28,29)(H,30,31)(H2,17,18,19);2*1H3/t5-,6-,8-,9-,10+,11-,12-,15-,16-;;/m1../s1/i1+2,5+2,8+2,10+2,12+2,16+2;;. The van der Waals surface area contributed by atoms with Crippen LogP contribution in [-0.4, -0.2) is 122 Å². The highest BCUT2D eigenvalue weighted by molar-refractivity contribution is 7.61. The van der Waals surface area contributed by atoms with Crippen molar-refractivity contribution in [2.24, 2.45) is 0 Å². The predicted molar refractivity (Wildman–Crippen MR) is 127 cm³/mol. The van der Waals surface area contributed by atoms with E-state index in [4.69, 9.17) is 20.3 Å². The van der Waals surface area contributed by atoms with E-state index in [1.807, 2.05) is 0 Å². The van der Waals surface area contributed by atoms with E-state index < -0.39 is 84.1 Å². The summed E-state index contributed by atoms with van der Waals surface area (Å²) in [4.78, 5) is 31.5. The fourth-order valence-corrected chi connectivity index (χ4v) is 5.94. The fraction of sp³-hybridized carbons (Fsp3) is 0.688. The van der Waals surface area contributed by atoms with Gasteiger partial charge in [0.1, 0.15) is 54.6 Å². The van der Waals surface area contributed by atoms with E-state index >= 15 is 0 Å². The molecule has 0 aromatic carbocycles. The lowest BCUT2D eigenvalue weighted by Gasteiger charge is -2.39. The van der Waals surface area contributed by atoms with Gasteiger partial charge in [0, 0.05) is 0 Å². The number of nitrogen functional groups attached to an aromatic ring is 1. The number of ether oxygens (including phenoxy) is 2. The van der Waals surface area contributed by atoms with E-state index in [0.29, 0.717) is 0 Å². The SMILES string of the molecule is N.N.Nc1ncnc2c1ncn2[C@@H]1O[C@H](COP(=O)(O)OP(=O)(O)O[14C@H]2O[14C@H]([14CH2]O)[14C@@H](O)[14C@H](O)[14C@H]2O)[C@@H](O)[C@H]1O. The number of hydrogen-bond acceptors (Lipinski definition) is 19. The van der Waals surface area contributed by atoms with Gasteiger partial charge in [0.2, 0.25) is 0 Å². The van der Waals surface area contributed by atoms with Crippen LogP contribution in [0.5, 0.6) is 0 Å². The number of phosphoric ester groups is 2. The van der Waals surface area contributed by atoms with Gasteiger partial charge in [-0.15, -0.1) is 0 Å². The minimum Gasteiger partial charge on any atom is -0.394 e. The molecule has 4 heterocycles. The third-order valence-corrected chi connectivity index (χ3v) is 8.29. The van der Waals surface area contributed by atoms with E-state index in [-0.39, 0.29) is 29.3 Å². The number of nitrogens with two attached hydrogens (primary N) is 1. The van der Waals surface area contributed by atoms with E-state index in [9.17, 15) is 44.4 Å². The third-order valence-electron chi connectivity index (χ3n) is 5.69. The molecule has 0 spiro atoms. The van der Waals surface area contributed by atoms with Gasteiger partial charge < -0.3 is 67.9 Å². The lowest BCUT2D eigenvalue weighted by molar-refractivity contribution is -0.280. The quantitative estimate of drug-likeness (QED) is 0.118. The predicted octanol–water partition coefficient (Wildman–Crippen LogP) is -3.60. The average molecular weight is 635 g/mol. The molecule has 230 valence electrons. The molecule has 11 atom stereocenters. The molecular weight excluding hydrogens is 604 g/mol. The first-order valence-corrected chi connectivity index (χ1v) is 13.7. The number of imidazole rings is 1. The summed E-state index contributed by atoms with van der Waals surface area (Å²) in [6, 6.07) is 0. The van der Waals surface area contributed by atoms with Crippen LogP contribution in [0.4, 0.5) is 5.82 Å². The Hall–Kier alpha value is -1.79. The van der Waals surface area contributed by atoms with Crippen LogP contribution in [0.25, 0.3) is 11.2 Å². The first-order chi connectivity index (χ1) is 17.7. The molecule has 22 nitrogen and oxygen atoms in total. The molecule has 2 unspecified atom stereocenters. The van der Waals surface area contributed by atoms with E-state index in [0.717, 1.165) is 6.33 Å². The molecule has 40 heavy (non-hydrogen) atoms. The van der Waals surface area contributed by atoms with Gasteiger partial charge in [0.25, 0.3) is 0 Å². The van der Waals surface area contributed by atoms with Gasteiger partial charge in [-0.05, 0) is 0 Å². The van der Waals surface area contributed by atoms with Gasteiger partial charge in [-0.3, -0.25) is 13.6 Å². The molecule has 2 fully saturated rings. The van der Waals surface area contributed by atoms with Crippen molar-refractivity contribution < 1.29 is 72.4 Å². The van der Waals surface area contributed by atoms with Gasteiger partial charge in [0.15, 0.2) is 24.0 Å². The van der Waals surface area contributed by atoms with Crippen LogP contribution >= 0.6 is 15.6 Å². The molecule has 16 N–H and O–H groups in total. The molecule has 24 heteroatoms. The van der Waals surface area contributed by atoms with Gasteiger partial charge >= 0.3 is 15.6 Å². The van der Waals surface area contributed by atoms with Crippen LogP contribution in [0.2, 0.25) is 0 Å². The maximum absolute atomic E-state index is 12.3. The summed E-state index contributed by atoms with van der Waals surface area (Å²) in [5, 5.41) is 59.2. The summed E-state index contributed by atoms with van der Waals surface area (Å²) in [5.74, 6) is 0.0411. The Morgan fingerprint density at radius 1 is 1.05 bits per heavy atom. The molecule has 2 aliphatic rings. The second kappa shape index (κ2) is 13.0. The molecule has 4 rings (SSSR count). The second-order valence-corrected chi connectivity index (χ2v) is 11.2. The molecule has 0 saturated carbocycles. The van der Waals surface area contributed by atoms with Crippen molar-refractivity contribution >= 4 is 32.6 Å². The van der Waals surface area contributed by atoms with E-state index in [1.165, 1.54) is 10.9 Å². The number of phosphoric acid groups is 2. The Morgan fingerprint density at radius 2 is 1.73 bits per heavy atom. The third kappa shape index (κ3) is 6.98. The van der Waals surface area contributed by atoms with Crippen molar-refractivity contribution in [3.05, 3.63) is 12.7 Å². The molecule has 2 aliphatic heterocycles. The first-order valence-electron chi connectivity index (χ1n) is 10.7. The largest absolute Gasteiger partial charge is 0.483 e. The maximum Gasteiger partial charge on any atom is 0.483 e. The van der Waals surface area contributed by atoms with Crippen molar-refractivity contribution in [3.63, 3.8) is 0 Å². The van der Waals surface area contributed by atoms with Gasteiger partial charge in [-0.2, -0.15) is 4.31 Å². The van der Waals surface area contributed by atoms with E-state index in [1.54, 1.807) is 0 Å². The van der Waals surface area contributed by atoms with Crippen molar-refractivity contribution in [2.75, 3.05) is 18.9 Å². The Balaban J connectivity index is 0.00000280. The average Bonchev–Trinajstić information content (AvgIpc) is 3.39. The number of fused-ring (bicyclic) bond motifs is 1. The number of aromatic nitrogens is 4. The minimum absolute atomic E-state index is 0. The second-order valence-electron chi connectivity index (χ2n) is 8.25. The van der Waals surface area contributed by atoms with Crippen LogP contribution in [0.3, 0.4) is 0 Å². The molecule has 0 amide bonds. The van der Waals surface area contributed by atoms with Gasteiger partial charge in [-0.25, -0.2) is 24.1 Å². The van der Waals surface area contributed by atoms with Crippen LogP contribution in [0, 0.1) is 0 Å². The highest BCUT2D eigenvalue weighted by Crippen LogP contribution is 2.61. The number of nitrogens with zero attached hydrogens (tertiary/aromatic N) is 4. The Morgan fingerprint density at radius 3 is 2.38 bits per heavy atom. The van der Waals surface area contributed by atoms with Crippen molar-refractivity contribution in [3.8, 4) is 0 Å². The van der Waals surface area contributed by atoms with E-state index in [2.05, 4.69) is 28.3 Å².